The van der Waals surface area contributed by atoms with Gasteiger partial charge in [-0.1, -0.05) is 23.7 Å². The number of rotatable bonds is 4. The number of amides is 2. The first-order chi connectivity index (χ1) is 11.5. The van der Waals surface area contributed by atoms with Crippen LogP contribution < -0.4 is 10.2 Å². The Morgan fingerprint density at radius 2 is 2.12 bits per heavy atom. The summed E-state index contributed by atoms with van der Waals surface area (Å²) in [5.41, 5.74) is 1.71. The molecule has 3 rings (SSSR count). The second-order valence-corrected chi connectivity index (χ2v) is 5.65. The SMILES string of the molecule is O=C(NCc1ccc(F)c(Cl)c1)c1cccc(N2CCOC2=O)c1. The van der Waals surface area contributed by atoms with Crippen molar-refractivity contribution >= 4 is 29.3 Å². The Morgan fingerprint density at radius 1 is 1.29 bits per heavy atom. The standard InChI is InChI=1S/C17H14ClFN2O3/c18-14-8-11(4-5-15(14)19)10-20-16(22)12-2-1-3-13(9-12)21-6-7-24-17(21)23/h1-5,8-9H,6-7,10H2,(H,20,22). The summed E-state index contributed by atoms with van der Waals surface area (Å²) in [6, 6.07) is 11.0. The number of halogens is 2. The molecule has 1 aliphatic rings. The van der Waals surface area contributed by atoms with Crippen LogP contribution in [0, 0.1) is 5.82 Å². The maximum Gasteiger partial charge on any atom is 0.414 e. The summed E-state index contributed by atoms with van der Waals surface area (Å²) in [7, 11) is 0. The molecule has 2 aromatic rings. The van der Waals surface area contributed by atoms with E-state index in [0.717, 1.165) is 0 Å². The van der Waals surface area contributed by atoms with Crippen LogP contribution in [0.5, 0.6) is 0 Å². The van der Waals surface area contributed by atoms with Crippen LogP contribution in [0.1, 0.15) is 15.9 Å². The largest absolute Gasteiger partial charge is 0.447 e. The fraction of sp³-hybridized carbons (Fsp3) is 0.176. The molecule has 1 saturated heterocycles. The van der Waals surface area contributed by atoms with Crippen molar-refractivity contribution in [2.45, 2.75) is 6.54 Å². The molecule has 1 N–H and O–H groups in total. The number of nitrogens with zero attached hydrogens (tertiary/aromatic N) is 1. The zero-order chi connectivity index (χ0) is 17.1. The van der Waals surface area contributed by atoms with Crippen molar-refractivity contribution < 1.29 is 18.7 Å². The van der Waals surface area contributed by atoms with E-state index in [1.807, 2.05) is 0 Å². The van der Waals surface area contributed by atoms with Crippen LogP contribution in [0.15, 0.2) is 42.5 Å². The Kier molecular flexibility index (Phi) is 4.66. The lowest BCUT2D eigenvalue weighted by atomic mass is 10.1. The molecule has 1 heterocycles. The van der Waals surface area contributed by atoms with Crippen LogP contribution >= 0.6 is 11.6 Å². The molecule has 0 atom stereocenters. The Bertz CT molecular complexity index is 797. The highest BCUT2D eigenvalue weighted by Gasteiger charge is 2.24. The molecular formula is C17H14ClFN2O3. The molecule has 0 aromatic heterocycles. The van der Waals surface area contributed by atoms with Gasteiger partial charge in [0.25, 0.3) is 5.91 Å². The molecule has 24 heavy (non-hydrogen) atoms. The predicted octanol–water partition coefficient (Wildman–Crippen LogP) is 3.37. The third-order valence-electron chi connectivity index (χ3n) is 3.62. The molecule has 0 bridgehead atoms. The summed E-state index contributed by atoms with van der Waals surface area (Å²) < 4.78 is 18.0. The van der Waals surface area contributed by atoms with Crippen LogP contribution in [0.4, 0.5) is 14.9 Å². The third kappa shape index (κ3) is 3.49. The summed E-state index contributed by atoms with van der Waals surface area (Å²) in [4.78, 5) is 25.3. The monoisotopic (exact) mass is 348 g/mol. The number of carbonyl (C=O) groups excluding carboxylic acids is 2. The molecule has 2 amide bonds. The molecule has 0 saturated carbocycles. The average molecular weight is 349 g/mol. The van der Waals surface area contributed by atoms with Gasteiger partial charge < -0.3 is 10.1 Å². The smallest absolute Gasteiger partial charge is 0.414 e. The van der Waals surface area contributed by atoms with Crippen molar-refractivity contribution in [1.29, 1.82) is 0 Å². The normalized spacial score (nSPS) is 13.8. The Labute approximate surface area is 143 Å². The lowest BCUT2D eigenvalue weighted by molar-refractivity contribution is 0.0951. The first-order valence-corrected chi connectivity index (χ1v) is 7.69. The van der Waals surface area contributed by atoms with E-state index in [9.17, 15) is 14.0 Å². The first kappa shape index (κ1) is 16.3. The number of hydrogen-bond acceptors (Lipinski definition) is 3. The second-order valence-electron chi connectivity index (χ2n) is 5.25. The summed E-state index contributed by atoms with van der Waals surface area (Å²) in [5, 5.41) is 2.75. The molecule has 0 unspecified atom stereocenters. The van der Waals surface area contributed by atoms with Gasteiger partial charge >= 0.3 is 6.09 Å². The minimum atomic E-state index is -0.503. The minimum Gasteiger partial charge on any atom is -0.447 e. The number of anilines is 1. The molecule has 1 fully saturated rings. The Morgan fingerprint density at radius 3 is 2.83 bits per heavy atom. The number of nitrogens with one attached hydrogen (secondary N) is 1. The van der Waals surface area contributed by atoms with Gasteiger partial charge in [0.05, 0.1) is 11.6 Å². The molecule has 2 aromatic carbocycles. The molecule has 5 nitrogen and oxygen atoms in total. The average Bonchev–Trinajstić information content (AvgIpc) is 3.02. The maximum atomic E-state index is 13.1. The molecule has 0 spiro atoms. The lowest BCUT2D eigenvalue weighted by Gasteiger charge is -2.14. The Hall–Kier alpha value is -2.60. The quantitative estimate of drug-likeness (QED) is 0.921. The number of benzene rings is 2. The maximum absolute atomic E-state index is 13.1. The van der Waals surface area contributed by atoms with Gasteiger partial charge in [-0.2, -0.15) is 0 Å². The van der Waals surface area contributed by atoms with E-state index in [1.54, 1.807) is 30.3 Å². The lowest BCUT2D eigenvalue weighted by Crippen LogP contribution is -2.25. The molecule has 1 aliphatic heterocycles. The fourth-order valence-electron chi connectivity index (χ4n) is 2.38. The van der Waals surface area contributed by atoms with Gasteiger partial charge in [-0.3, -0.25) is 9.69 Å². The summed E-state index contributed by atoms with van der Waals surface area (Å²) in [6.07, 6.45) is -0.423. The van der Waals surface area contributed by atoms with Gasteiger partial charge in [-0.05, 0) is 35.9 Å². The van der Waals surface area contributed by atoms with E-state index in [0.29, 0.717) is 30.0 Å². The van der Waals surface area contributed by atoms with Gasteiger partial charge in [0.1, 0.15) is 12.4 Å². The van der Waals surface area contributed by atoms with Crippen LogP contribution in [-0.4, -0.2) is 25.2 Å². The van der Waals surface area contributed by atoms with Crippen molar-refractivity contribution in [2.24, 2.45) is 0 Å². The van der Waals surface area contributed by atoms with E-state index >= 15 is 0 Å². The number of cyclic esters (lactones) is 1. The molecular weight excluding hydrogens is 335 g/mol. The van der Waals surface area contributed by atoms with Gasteiger partial charge in [-0.25, -0.2) is 9.18 Å². The number of ether oxygens (including phenoxy) is 1. The Balaban J connectivity index is 1.68. The zero-order valence-corrected chi connectivity index (χ0v) is 13.3. The molecule has 0 radical (unpaired) electrons. The number of carbonyl (C=O) groups is 2. The van der Waals surface area contributed by atoms with E-state index in [-0.39, 0.29) is 17.5 Å². The van der Waals surface area contributed by atoms with Crippen LogP contribution in [0.3, 0.4) is 0 Å². The summed E-state index contributed by atoms with van der Waals surface area (Å²) in [5.74, 6) is -0.804. The number of hydrogen-bond donors (Lipinski definition) is 1. The highest BCUT2D eigenvalue weighted by atomic mass is 35.5. The van der Waals surface area contributed by atoms with Crippen molar-refractivity contribution in [2.75, 3.05) is 18.1 Å². The van der Waals surface area contributed by atoms with E-state index in [4.69, 9.17) is 16.3 Å². The van der Waals surface area contributed by atoms with Crippen molar-refractivity contribution in [3.8, 4) is 0 Å². The molecule has 124 valence electrons. The summed E-state index contributed by atoms with van der Waals surface area (Å²) >= 11 is 5.72. The van der Waals surface area contributed by atoms with Crippen molar-refractivity contribution in [1.82, 2.24) is 5.32 Å². The topological polar surface area (TPSA) is 58.6 Å². The van der Waals surface area contributed by atoms with Crippen molar-refractivity contribution in [3.63, 3.8) is 0 Å². The molecule has 0 aliphatic carbocycles. The highest BCUT2D eigenvalue weighted by molar-refractivity contribution is 6.30. The van der Waals surface area contributed by atoms with E-state index in [2.05, 4.69) is 5.32 Å². The zero-order valence-electron chi connectivity index (χ0n) is 12.6. The first-order valence-electron chi connectivity index (χ1n) is 7.31. The van der Waals surface area contributed by atoms with E-state index in [1.165, 1.54) is 17.0 Å². The van der Waals surface area contributed by atoms with E-state index < -0.39 is 11.9 Å². The van der Waals surface area contributed by atoms with Crippen molar-refractivity contribution in [3.05, 3.63) is 64.4 Å². The second kappa shape index (κ2) is 6.88. The fourth-order valence-corrected chi connectivity index (χ4v) is 2.58. The predicted molar refractivity (Wildman–Crippen MR) is 87.7 cm³/mol. The highest BCUT2D eigenvalue weighted by Crippen LogP contribution is 2.20. The van der Waals surface area contributed by atoms with Gasteiger partial charge in [0.2, 0.25) is 0 Å². The molecule has 7 heteroatoms. The van der Waals surface area contributed by atoms with Gasteiger partial charge in [0, 0.05) is 17.8 Å². The van der Waals surface area contributed by atoms with Gasteiger partial charge in [-0.15, -0.1) is 0 Å². The van der Waals surface area contributed by atoms with Crippen LogP contribution in [0.2, 0.25) is 5.02 Å². The van der Waals surface area contributed by atoms with Gasteiger partial charge in [0.15, 0.2) is 0 Å². The minimum absolute atomic E-state index is 0.0105. The summed E-state index contributed by atoms with van der Waals surface area (Å²) in [6.45, 7) is 1.01. The third-order valence-corrected chi connectivity index (χ3v) is 3.91. The van der Waals surface area contributed by atoms with Crippen LogP contribution in [-0.2, 0) is 11.3 Å². The van der Waals surface area contributed by atoms with Crippen LogP contribution in [0.25, 0.3) is 0 Å².